The van der Waals surface area contributed by atoms with E-state index in [4.69, 9.17) is 10.3 Å². The molecule has 0 aliphatic heterocycles. The van der Waals surface area contributed by atoms with Gasteiger partial charge in [0.1, 0.15) is 5.69 Å². The molecule has 0 amide bonds. The van der Waals surface area contributed by atoms with Gasteiger partial charge in [-0.2, -0.15) is 4.98 Å². The Morgan fingerprint density at radius 3 is 2.80 bits per heavy atom. The first-order chi connectivity index (χ1) is 9.76. The van der Waals surface area contributed by atoms with Gasteiger partial charge < -0.3 is 10.3 Å². The van der Waals surface area contributed by atoms with E-state index >= 15 is 0 Å². The number of hydrogen-bond donors (Lipinski definition) is 1. The number of aryl methyl sites for hydroxylation is 1. The lowest BCUT2D eigenvalue weighted by Crippen LogP contribution is -2.20. The highest BCUT2D eigenvalue weighted by Gasteiger charge is 2.26. The highest BCUT2D eigenvalue weighted by atomic mass is 16.5. The van der Waals surface area contributed by atoms with Gasteiger partial charge in [-0.1, -0.05) is 5.16 Å². The molecule has 0 aromatic carbocycles. The van der Waals surface area contributed by atoms with Crippen LogP contribution in [0.4, 0.5) is 0 Å². The smallest absolute Gasteiger partial charge is 0.230 e. The van der Waals surface area contributed by atoms with E-state index in [0.29, 0.717) is 17.7 Å². The minimum Gasteiger partial charge on any atom is -0.339 e. The Balaban J connectivity index is 1.74. The molecule has 2 aromatic rings. The van der Waals surface area contributed by atoms with E-state index in [9.17, 15) is 0 Å². The zero-order valence-electron chi connectivity index (χ0n) is 11.7. The van der Waals surface area contributed by atoms with E-state index in [-0.39, 0.29) is 0 Å². The molecule has 0 spiro atoms. The average Bonchev–Trinajstić information content (AvgIpc) is 2.97. The SMILES string of the molecule is Cc1ccnc(-c2noc(C3CCC(CN)CC3)n2)c1. The van der Waals surface area contributed by atoms with Crippen LogP contribution in [0.15, 0.2) is 22.9 Å². The van der Waals surface area contributed by atoms with Gasteiger partial charge in [-0.25, -0.2) is 0 Å². The number of nitrogens with zero attached hydrogens (tertiary/aromatic N) is 3. The first kappa shape index (κ1) is 13.2. The second kappa shape index (κ2) is 5.71. The molecule has 0 bridgehead atoms. The van der Waals surface area contributed by atoms with Crippen LogP contribution in [0.2, 0.25) is 0 Å². The van der Waals surface area contributed by atoms with Crippen molar-refractivity contribution >= 4 is 0 Å². The van der Waals surface area contributed by atoms with E-state index in [2.05, 4.69) is 15.1 Å². The molecule has 1 aliphatic rings. The van der Waals surface area contributed by atoms with Gasteiger partial charge in [0, 0.05) is 12.1 Å². The summed E-state index contributed by atoms with van der Waals surface area (Å²) in [6.07, 6.45) is 6.26. The number of hydrogen-bond acceptors (Lipinski definition) is 5. The maximum atomic E-state index is 5.72. The predicted octanol–water partition coefficient (Wildman–Crippen LogP) is 2.67. The van der Waals surface area contributed by atoms with Gasteiger partial charge >= 0.3 is 0 Å². The van der Waals surface area contributed by atoms with Crippen molar-refractivity contribution in [2.75, 3.05) is 6.54 Å². The summed E-state index contributed by atoms with van der Waals surface area (Å²) >= 11 is 0. The van der Waals surface area contributed by atoms with Crippen LogP contribution in [0.3, 0.4) is 0 Å². The summed E-state index contributed by atoms with van der Waals surface area (Å²) in [6.45, 7) is 2.81. The first-order valence-corrected chi connectivity index (χ1v) is 7.23. The minimum absolute atomic E-state index is 0.379. The zero-order chi connectivity index (χ0) is 13.9. The van der Waals surface area contributed by atoms with Gasteiger partial charge in [-0.05, 0) is 62.8 Å². The molecule has 106 valence electrons. The van der Waals surface area contributed by atoms with Crippen LogP contribution in [0.25, 0.3) is 11.5 Å². The molecule has 5 heteroatoms. The van der Waals surface area contributed by atoms with E-state index in [1.165, 1.54) is 0 Å². The molecular weight excluding hydrogens is 252 g/mol. The summed E-state index contributed by atoms with van der Waals surface area (Å²) in [5.74, 6) is 2.37. The van der Waals surface area contributed by atoms with Crippen LogP contribution in [-0.4, -0.2) is 21.7 Å². The van der Waals surface area contributed by atoms with Crippen molar-refractivity contribution in [3.63, 3.8) is 0 Å². The van der Waals surface area contributed by atoms with E-state index in [0.717, 1.165) is 49.4 Å². The molecule has 0 atom stereocenters. The molecule has 2 N–H and O–H groups in total. The normalized spacial score (nSPS) is 22.9. The van der Waals surface area contributed by atoms with Crippen LogP contribution in [0.5, 0.6) is 0 Å². The molecule has 2 heterocycles. The van der Waals surface area contributed by atoms with Gasteiger partial charge in [0.15, 0.2) is 0 Å². The molecule has 1 aliphatic carbocycles. The molecule has 1 saturated carbocycles. The van der Waals surface area contributed by atoms with Crippen molar-refractivity contribution in [2.24, 2.45) is 11.7 Å². The third-order valence-electron chi connectivity index (χ3n) is 4.12. The summed E-state index contributed by atoms with van der Waals surface area (Å²) < 4.78 is 5.43. The average molecular weight is 272 g/mol. The Kier molecular flexibility index (Phi) is 3.78. The van der Waals surface area contributed by atoms with Crippen LogP contribution >= 0.6 is 0 Å². The van der Waals surface area contributed by atoms with Gasteiger partial charge in [0.2, 0.25) is 11.7 Å². The third-order valence-corrected chi connectivity index (χ3v) is 4.12. The Bertz CT molecular complexity index is 573. The Morgan fingerprint density at radius 2 is 2.10 bits per heavy atom. The molecule has 2 aromatic heterocycles. The number of aromatic nitrogens is 3. The largest absolute Gasteiger partial charge is 0.339 e. The lowest BCUT2D eigenvalue weighted by molar-refractivity contribution is 0.275. The standard InChI is InChI=1S/C15H20N4O/c1-10-6-7-17-13(8-10)14-18-15(20-19-14)12-4-2-11(9-16)3-5-12/h6-8,11-12H,2-5,9,16H2,1H3. The summed E-state index contributed by atoms with van der Waals surface area (Å²) in [5.41, 5.74) is 7.64. The molecule has 1 fully saturated rings. The quantitative estimate of drug-likeness (QED) is 0.929. The first-order valence-electron chi connectivity index (χ1n) is 7.23. The number of rotatable bonds is 3. The van der Waals surface area contributed by atoms with Gasteiger partial charge in [-0.15, -0.1) is 0 Å². The van der Waals surface area contributed by atoms with Gasteiger partial charge in [-0.3, -0.25) is 4.98 Å². The molecule has 0 unspecified atom stereocenters. The number of nitrogens with two attached hydrogens (primary N) is 1. The van der Waals surface area contributed by atoms with Crippen molar-refractivity contribution in [3.8, 4) is 11.5 Å². The topological polar surface area (TPSA) is 77.8 Å². The van der Waals surface area contributed by atoms with Crippen LogP contribution in [-0.2, 0) is 0 Å². The van der Waals surface area contributed by atoms with E-state index in [1.54, 1.807) is 6.20 Å². The summed E-state index contributed by atoms with van der Waals surface area (Å²) in [5, 5.41) is 4.07. The summed E-state index contributed by atoms with van der Waals surface area (Å²) in [4.78, 5) is 8.82. The lowest BCUT2D eigenvalue weighted by Gasteiger charge is -2.24. The maximum absolute atomic E-state index is 5.72. The molecule has 3 rings (SSSR count). The molecule has 0 saturated heterocycles. The molecule has 20 heavy (non-hydrogen) atoms. The van der Waals surface area contributed by atoms with Crippen LogP contribution in [0, 0.1) is 12.8 Å². The Morgan fingerprint density at radius 1 is 1.30 bits per heavy atom. The van der Waals surface area contributed by atoms with E-state index < -0.39 is 0 Å². The fourth-order valence-electron chi connectivity index (χ4n) is 2.81. The lowest BCUT2D eigenvalue weighted by atomic mass is 9.82. The van der Waals surface area contributed by atoms with Crippen molar-refractivity contribution in [1.29, 1.82) is 0 Å². The summed E-state index contributed by atoms with van der Waals surface area (Å²) in [6, 6.07) is 3.93. The predicted molar refractivity (Wildman–Crippen MR) is 76.0 cm³/mol. The monoisotopic (exact) mass is 272 g/mol. The van der Waals surface area contributed by atoms with Crippen LogP contribution < -0.4 is 5.73 Å². The van der Waals surface area contributed by atoms with E-state index in [1.807, 2.05) is 19.1 Å². The van der Waals surface area contributed by atoms with Gasteiger partial charge in [0.25, 0.3) is 0 Å². The summed E-state index contributed by atoms with van der Waals surface area (Å²) in [7, 11) is 0. The highest BCUT2D eigenvalue weighted by Crippen LogP contribution is 2.35. The fourth-order valence-corrected chi connectivity index (χ4v) is 2.81. The second-order valence-electron chi connectivity index (χ2n) is 5.63. The molecule has 0 radical (unpaired) electrons. The van der Waals surface area contributed by atoms with Crippen molar-refractivity contribution in [1.82, 2.24) is 15.1 Å². The molecular formula is C15H20N4O. The van der Waals surface area contributed by atoms with Crippen molar-refractivity contribution < 1.29 is 4.52 Å². The van der Waals surface area contributed by atoms with Crippen molar-refractivity contribution in [2.45, 2.75) is 38.5 Å². The second-order valence-corrected chi connectivity index (χ2v) is 5.63. The van der Waals surface area contributed by atoms with Crippen molar-refractivity contribution in [3.05, 3.63) is 29.8 Å². The molecule has 5 nitrogen and oxygen atoms in total. The zero-order valence-corrected chi connectivity index (χ0v) is 11.7. The third kappa shape index (κ3) is 2.72. The number of pyridine rings is 1. The highest BCUT2D eigenvalue weighted by molar-refractivity contribution is 5.49. The maximum Gasteiger partial charge on any atom is 0.230 e. The van der Waals surface area contributed by atoms with Crippen LogP contribution in [0.1, 0.15) is 43.1 Å². The Hall–Kier alpha value is -1.75. The Labute approximate surface area is 118 Å². The fraction of sp³-hybridized carbons (Fsp3) is 0.533. The van der Waals surface area contributed by atoms with Gasteiger partial charge in [0.05, 0.1) is 0 Å². The minimum atomic E-state index is 0.379.